The lowest BCUT2D eigenvalue weighted by atomic mass is 9.88. The van der Waals surface area contributed by atoms with E-state index >= 15 is 0 Å². The van der Waals surface area contributed by atoms with Gasteiger partial charge in [0, 0.05) is 6.04 Å². The Morgan fingerprint density at radius 2 is 1.81 bits per heavy atom. The molecule has 1 aliphatic heterocycles. The molecule has 0 spiro atoms. The Morgan fingerprint density at radius 3 is 2.29 bits per heavy atom. The van der Waals surface area contributed by atoms with Crippen molar-refractivity contribution in [2.24, 2.45) is 0 Å². The van der Waals surface area contributed by atoms with Crippen LogP contribution in [0.5, 0.6) is 0 Å². The van der Waals surface area contributed by atoms with Crippen molar-refractivity contribution in [1.29, 1.82) is 0 Å². The second kappa shape index (κ2) is 7.81. The summed E-state index contributed by atoms with van der Waals surface area (Å²) in [6, 6.07) is -0.102. The Hall–Kier alpha value is -1.06. The van der Waals surface area contributed by atoms with Crippen LogP contribution in [-0.2, 0) is 9.59 Å². The Balaban J connectivity index is 3.09. The number of amides is 2. The normalized spacial score (nSPS) is 27.7. The van der Waals surface area contributed by atoms with E-state index in [0.29, 0.717) is 12.8 Å². The number of nitrogens with zero attached hydrogens (tertiary/aromatic N) is 1. The monoisotopic (exact) mass is 296 g/mol. The van der Waals surface area contributed by atoms with Crippen LogP contribution in [0.3, 0.4) is 0 Å². The molecule has 0 aromatic heterocycles. The van der Waals surface area contributed by atoms with E-state index in [0.717, 1.165) is 32.1 Å². The molecule has 1 saturated heterocycles. The van der Waals surface area contributed by atoms with Gasteiger partial charge in [0.25, 0.3) is 0 Å². The number of piperazine rings is 1. The quantitative estimate of drug-likeness (QED) is 0.747. The van der Waals surface area contributed by atoms with Crippen molar-refractivity contribution >= 4 is 11.8 Å². The largest absolute Gasteiger partial charge is 0.340 e. The van der Waals surface area contributed by atoms with E-state index in [1.807, 2.05) is 25.7 Å². The zero-order chi connectivity index (χ0) is 16.0. The topological polar surface area (TPSA) is 49.4 Å². The van der Waals surface area contributed by atoms with E-state index in [1.54, 1.807) is 0 Å². The molecule has 1 fully saturated rings. The molecule has 1 rings (SSSR count). The van der Waals surface area contributed by atoms with Gasteiger partial charge in [0.15, 0.2) is 0 Å². The summed E-state index contributed by atoms with van der Waals surface area (Å²) in [5.41, 5.74) is -0.735. The Bertz CT molecular complexity index is 370. The van der Waals surface area contributed by atoms with Crippen LogP contribution < -0.4 is 5.32 Å². The number of unbranched alkanes of at least 4 members (excludes halogenated alkanes) is 1. The highest BCUT2D eigenvalue weighted by molar-refractivity contribution is 5.99. The zero-order valence-corrected chi connectivity index (χ0v) is 14.4. The van der Waals surface area contributed by atoms with Crippen LogP contribution in [-0.4, -0.2) is 34.3 Å². The van der Waals surface area contributed by atoms with Crippen LogP contribution in [0, 0.1) is 0 Å². The molecule has 3 unspecified atom stereocenters. The molecule has 0 aliphatic carbocycles. The van der Waals surface area contributed by atoms with Crippen LogP contribution >= 0.6 is 0 Å². The SMILES string of the molecule is CCCCC(CCC)N1C(=O)C(C)(CC)NC(=O)C1CC. The van der Waals surface area contributed by atoms with Crippen LogP contribution in [0.4, 0.5) is 0 Å². The smallest absolute Gasteiger partial charge is 0.248 e. The van der Waals surface area contributed by atoms with Crippen molar-refractivity contribution in [3.63, 3.8) is 0 Å². The van der Waals surface area contributed by atoms with Crippen molar-refractivity contribution in [3.05, 3.63) is 0 Å². The van der Waals surface area contributed by atoms with Crippen molar-refractivity contribution in [3.8, 4) is 0 Å². The number of carbonyl (C=O) groups excluding carboxylic acids is 2. The summed E-state index contributed by atoms with van der Waals surface area (Å²) in [4.78, 5) is 27.3. The molecule has 0 aromatic rings. The number of rotatable bonds is 8. The van der Waals surface area contributed by atoms with Crippen LogP contribution in [0.1, 0.15) is 79.6 Å². The van der Waals surface area contributed by atoms with Crippen molar-refractivity contribution in [1.82, 2.24) is 10.2 Å². The lowest BCUT2D eigenvalue weighted by Gasteiger charge is -2.47. The van der Waals surface area contributed by atoms with Gasteiger partial charge in [0.2, 0.25) is 11.8 Å². The van der Waals surface area contributed by atoms with Crippen molar-refractivity contribution in [2.75, 3.05) is 0 Å². The average Bonchev–Trinajstić information content (AvgIpc) is 2.47. The van der Waals surface area contributed by atoms with Gasteiger partial charge in [-0.1, -0.05) is 47.0 Å². The molecule has 1 N–H and O–H groups in total. The maximum absolute atomic E-state index is 13.0. The second-order valence-electron chi connectivity index (χ2n) is 6.40. The van der Waals surface area contributed by atoms with Gasteiger partial charge in [0.1, 0.15) is 11.6 Å². The van der Waals surface area contributed by atoms with Gasteiger partial charge in [-0.15, -0.1) is 0 Å². The number of hydrogen-bond donors (Lipinski definition) is 1. The first kappa shape index (κ1) is 18.0. The third-order valence-corrected chi connectivity index (χ3v) is 4.74. The van der Waals surface area contributed by atoms with Crippen molar-refractivity contribution < 1.29 is 9.59 Å². The van der Waals surface area contributed by atoms with Gasteiger partial charge in [-0.3, -0.25) is 9.59 Å². The van der Waals surface area contributed by atoms with E-state index in [4.69, 9.17) is 0 Å². The molecule has 1 heterocycles. The lowest BCUT2D eigenvalue weighted by Crippen LogP contribution is -2.70. The number of carbonyl (C=O) groups is 2. The van der Waals surface area contributed by atoms with E-state index in [-0.39, 0.29) is 23.9 Å². The van der Waals surface area contributed by atoms with Crippen LogP contribution in [0.2, 0.25) is 0 Å². The molecule has 4 nitrogen and oxygen atoms in total. The molecule has 0 aromatic carbocycles. The third-order valence-electron chi connectivity index (χ3n) is 4.74. The fourth-order valence-electron chi connectivity index (χ4n) is 3.20. The minimum atomic E-state index is -0.735. The van der Waals surface area contributed by atoms with Gasteiger partial charge in [0.05, 0.1) is 0 Å². The fraction of sp³-hybridized carbons (Fsp3) is 0.882. The summed E-state index contributed by atoms with van der Waals surface area (Å²) in [7, 11) is 0. The van der Waals surface area contributed by atoms with Gasteiger partial charge < -0.3 is 10.2 Å². The molecule has 0 radical (unpaired) electrons. The van der Waals surface area contributed by atoms with Crippen LogP contribution in [0.25, 0.3) is 0 Å². The Morgan fingerprint density at radius 1 is 1.14 bits per heavy atom. The van der Waals surface area contributed by atoms with E-state index < -0.39 is 5.54 Å². The third kappa shape index (κ3) is 3.78. The van der Waals surface area contributed by atoms with Gasteiger partial charge >= 0.3 is 0 Å². The highest BCUT2D eigenvalue weighted by Gasteiger charge is 2.48. The van der Waals surface area contributed by atoms with Crippen molar-refractivity contribution in [2.45, 2.75) is 97.2 Å². The highest BCUT2D eigenvalue weighted by Crippen LogP contribution is 2.28. The standard InChI is InChI=1S/C17H32N2O2/c1-6-10-12-13(11-7-2)19-14(8-3)15(20)18-17(5,9-4)16(19)21/h13-14H,6-12H2,1-5H3,(H,18,20). The molecule has 0 bridgehead atoms. The minimum Gasteiger partial charge on any atom is -0.340 e. The number of nitrogens with one attached hydrogen (secondary N) is 1. The molecule has 1 aliphatic rings. The van der Waals surface area contributed by atoms with Crippen LogP contribution in [0.15, 0.2) is 0 Å². The zero-order valence-electron chi connectivity index (χ0n) is 14.4. The van der Waals surface area contributed by atoms with Gasteiger partial charge in [-0.2, -0.15) is 0 Å². The molecule has 0 saturated carbocycles. The van der Waals surface area contributed by atoms with Gasteiger partial charge in [-0.05, 0) is 32.6 Å². The molecular formula is C17H32N2O2. The summed E-state index contributed by atoms with van der Waals surface area (Å²) in [6.07, 6.45) is 6.57. The maximum atomic E-state index is 13.0. The first-order chi connectivity index (χ1) is 9.95. The Kier molecular flexibility index (Phi) is 6.69. The highest BCUT2D eigenvalue weighted by atomic mass is 16.2. The molecule has 2 amide bonds. The van der Waals surface area contributed by atoms with Gasteiger partial charge in [-0.25, -0.2) is 0 Å². The maximum Gasteiger partial charge on any atom is 0.248 e. The predicted octanol–water partition coefficient (Wildman–Crippen LogP) is 3.25. The molecule has 122 valence electrons. The molecule has 4 heteroatoms. The number of hydrogen-bond acceptors (Lipinski definition) is 2. The first-order valence-corrected chi connectivity index (χ1v) is 8.59. The summed E-state index contributed by atoms with van der Waals surface area (Å²) in [5, 5.41) is 2.95. The van der Waals surface area contributed by atoms with E-state index in [2.05, 4.69) is 19.2 Å². The Labute approximate surface area is 129 Å². The fourth-order valence-corrected chi connectivity index (χ4v) is 3.20. The molecular weight excluding hydrogens is 264 g/mol. The van der Waals surface area contributed by atoms with E-state index in [9.17, 15) is 9.59 Å². The first-order valence-electron chi connectivity index (χ1n) is 8.59. The minimum absolute atomic E-state index is 0.0130. The summed E-state index contributed by atoms with van der Waals surface area (Å²) in [6.45, 7) is 10.1. The lowest BCUT2D eigenvalue weighted by molar-refractivity contribution is -0.158. The molecule has 3 atom stereocenters. The second-order valence-corrected chi connectivity index (χ2v) is 6.40. The van der Waals surface area contributed by atoms with E-state index in [1.165, 1.54) is 0 Å². The summed E-state index contributed by atoms with van der Waals surface area (Å²) < 4.78 is 0. The molecule has 21 heavy (non-hydrogen) atoms. The predicted molar refractivity (Wildman–Crippen MR) is 86.0 cm³/mol. The average molecular weight is 296 g/mol. The summed E-state index contributed by atoms with van der Waals surface area (Å²) >= 11 is 0. The summed E-state index contributed by atoms with van der Waals surface area (Å²) in [5.74, 6) is 0.116.